The van der Waals surface area contributed by atoms with Crippen molar-refractivity contribution in [3.05, 3.63) is 0 Å². The van der Waals surface area contributed by atoms with E-state index < -0.39 is 18.8 Å². The summed E-state index contributed by atoms with van der Waals surface area (Å²) in [6.07, 6.45) is 0. The summed E-state index contributed by atoms with van der Waals surface area (Å²) in [6, 6.07) is 0. The van der Waals surface area contributed by atoms with Crippen molar-refractivity contribution in [2.45, 2.75) is 0 Å². The fraction of sp³-hybridized carbons (Fsp3) is 0. The maximum absolute atomic E-state index is 11.2. The molecule has 0 bridgehead atoms. The van der Waals surface area contributed by atoms with E-state index in [0.29, 0.717) is 0 Å². The van der Waals surface area contributed by atoms with E-state index in [0.717, 1.165) is 0 Å². The van der Waals surface area contributed by atoms with E-state index in [4.69, 9.17) is 0 Å². The summed E-state index contributed by atoms with van der Waals surface area (Å²) >= 11 is -11.2. The molecule has 7 heteroatoms. The Morgan fingerprint density at radius 3 is 0.571 bits per heavy atom. The Labute approximate surface area is 36.9 Å². The zero-order chi connectivity index (χ0) is 6.41. The van der Waals surface area contributed by atoms with Gasteiger partial charge in [0.2, 0.25) is 0 Å². The van der Waals surface area contributed by atoms with Crippen molar-refractivity contribution in [2.75, 3.05) is 0 Å². The van der Waals surface area contributed by atoms with Crippen LogP contribution >= 0.6 is 0 Å². The van der Waals surface area contributed by atoms with Crippen LogP contribution in [0.4, 0.5) is 17.4 Å². The van der Waals surface area contributed by atoms with Crippen LogP contribution in [0.2, 0.25) is 0 Å². The van der Waals surface area contributed by atoms with Crippen LogP contribution < -0.4 is 0 Å². The molecule has 0 radical (unpaired) electrons. The molecule has 0 aliphatic rings. The topological polar surface area (TPSA) is 0 Å². The van der Waals surface area contributed by atoms with E-state index in [1.54, 1.807) is 0 Å². The van der Waals surface area contributed by atoms with Crippen LogP contribution in [-0.4, -0.2) is 18.8 Å². The van der Waals surface area contributed by atoms with Crippen LogP contribution in [0.5, 0.6) is 0 Å². The summed E-state index contributed by atoms with van der Waals surface area (Å²) in [5.41, 5.74) is 0. The van der Waals surface area contributed by atoms with Gasteiger partial charge in [-0.1, -0.05) is 0 Å². The summed E-state index contributed by atoms with van der Waals surface area (Å²) in [4.78, 5) is 0. The molecule has 0 aliphatic heterocycles. The molecular formula is F6Te. The Morgan fingerprint density at radius 2 is 0.571 bits per heavy atom. The van der Waals surface area contributed by atoms with Gasteiger partial charge >= 0.3 is 36.2 Å². The molecule has 0 amide bonds. The van der Waals surface area contributed by atoms with Crippen molar-refractivity contribution in [3.63, 3.8) is 0 Å². The van der Waals surface area contributed by atoms with Crippen molar-refractivity contribution in [1.29, 1.82) is 0 Å². The van der Waals surface area contributed by atoms with Gasteiger partial charge in [-0.05, 0) is 0 Å². The predicted molar refractivity (Wildman–Crippen MR) is 12.4 cm³/mol. The molecule has 0 heterocycles. The second kappa shape index (κ2) is 0.777. The first-order valence-corrected chi connectivity index (χ1v) is 6.21. The van der Waals surface area contributed by atoms with Crippen molar-refractivity contribution < 1.29 is 17.4 Å². The summed E-state index contributed by atoms with van der Waals surface area (Å²) in [6.45, 7) is 0. The fourth-order valence-corrected chi connectivity index (χ4v) is 0. The van der Waals surface area contributed by atoms with Crippen LogP contribution in [0.3, 0.4) is 0 Å². The Morgan fingerprint density at radius 1 is 0.571 bits per heavy atom. The Hall–Kier alpha value is 0.370. The molecule has 0 fully saturated rings. The second-order valence-corrected chi connectivity index (χ2v) is 5.87. The third kappa shape index (κ3) is 890. The zero-order valence-corrected chi connectivity index (χ0v) is 5.01. The van der Waals surface area contributed by atoms with E-state index in [1.165, 1.54) is 0 Å². The monoisotopic (exact) mass is 244 g/mol. The normalized spacial score (nSPS) is 23.1. The molecule has 0 aromatic carbocycles. The Kier molecular flexibility index (Phi) is 0.819. The van der Waals surface area contributed by atoms with Crippen LogP contribution in [0.15, 0.2) is 0 Å². The van der Waals surface area contributed by atoms with Crippen LogP contribution in [0.1, 0.15) is 0 Å². The summed E-state index contributed by atoms with van der Waals surface area (Å²) in [5.74, 6) is 0. The molecule has 0 saturated carbocycles. The average Bonchev–Trinajstić information content (AvgIpc) is 0.592. The first-order valence-electron chi connectivity index (χ1n) is 0.926. The average molecular weight is 242 g/mol. The van der Waals surface area contributed by atoms with E-state index >= 15 is 0 Å². The van der Waals surface area contributed by atoms with E-state index in [-0.39, 0.29) is 0 Å². The van der Waals surface area contributed by atoms with E-state index in [2.05, 4.69) is 0 Å². The van der Waals surface area contributed by atoms with Gasteiger partial charge in [-0.25, -0.2) is 0 Å². The fourth-order valence-electron chi connectivity index (χ4n) is 0. The second-order valence-electron chi connectivity index (χ2n) is 0.875. The van der Waals surface area contributed by atoms with Crippen LogP contribution in [-0.2, 0) is 0 Å². The standard InChI is InChI=1S/F6Te/c1-7(2,3,4,5)6. The van der Waals surface area contributed by atoms with Gasteiger partial charge in [0.25, 0.3) is 0 Å². The van der Waals surface area contributed by atoms with Crippen molar-refractivity contribution >= 4 is 18.8 Å². The number of hydrogen-bond donors (Lipinski definition) is 0. The first kappa shape index (κ1) is 7.37. The number of rotatable bonds is 0. The molecule has 7 heavy (non-hydrogen) atoms. The quantitative estimate of drug-likeness (QED) is 0.450. The first-order chi connectivity index (χ1) is 2.45. The molecular weight excluding hydrogens is 242 g/mol. The van der Waals surface area contributed by atoms with Crippen molar-refractivity contribution in [3.8, 4) is 0 Å². The van der Waals surface area contributed by atoms with Gasteiger partial charge in [0.1, 0.15) is 0 Å². The third-order valence-electron chi connectivity index (χ3n) is 0. The zero-order valence-electron chi connectivity index (χ0n) is 2.68. The van der Waals surface area contributed by atoms with Gasteiger partial charge in [0.15, 0.2) is 0 Å². The summed E-state index contributed by atoms with van der Waals surface area (Å²) in [5, 5.41) is 0. The summed E-state index contributed by atoms with van der Waals surface area (Å²) < 4.78 is 59.5. The number of halogens is 6. The van der Waals surface area contributed by atoms with Gasteiger partial charge in [-0.2, -0.15) is 0 Å². The molecule has 0 aliphatic carbocycles. The molecule has 0 unspecified atom stereocenters. The minimum absolute atomic E-state index is 9.92. The van der Waals surface area contributed by atoms with Crippen LogP contribution in [0.25, 0.3) is 0 Å². The third-order valence-corrected chi connectivity index (χ3v) is 0. The van der Waals surface area contributed by atoms with Crippen molar-refractivity contribution in [1.82, 2.24) is 0 Å². The molecule has 0 atom stereocenters. The van der Waals surface area contributed by atoms with Crippen LogP contribution in [0, 0.1) is 0 Å². The molecule has 48 valence electrons. The van der Waals surface area contributed by atoms with Gasteiger partial charge in [-0.15, -0.1) is 0 Å². The molecule has 0 saturated heterocycles. The molecule has 0 spiro atoms. The van der Waals surface area contributed by atoms with Gasteiger partial charge < -0.3 is 0 Å². The molecule has 0 aromatic heterocycles. The van der Waals surface area contributed by atoms with E-state index in [1.807, 2.05) is 0 Å². The molecule has 0 rings (SSSR count). The Bertz CT molecular complexity index is 62.7. The van der Waals surface area contributed by atoms with Gasteiger partial charge in [0, 0.05) is 0 Å². The van der Waals surface area contributed by atoms with Gasteiger partial charge in [-0.3, -0.25) is 0 Å². The SMILES string of the molecule is F[Te](F)(F)(F)(F)F. The molecule has 0 nitrogen and oxygen atoms in total. The Balaban J connectivity index is 4.43. The molecule has 0 aromatic rings. The maximum atomic E-state index is 9.92. The van der Waals surface area contributed by atoms with Gasteiger partial charge in [0.05, 0.1) is 0 Å². The number of hydrogen-bond acceptors (Lipinski definition) is 0. The molecule has 0 N–H and O–H groups in total. The minimum atomic E-state index is -11.2. The summed E-state index contributed by atoms with van der Waals surface area (Å²) in [7, 11) is 0. The van der Waals surface area contributed by atoms with E-state index in [9.17, 15) is 17.4 Å². The van der Waals surface area contributed by atoms with Crippen molar-refractivity contribution in [2.24, 2.45) is 0 Å². The predicted octanol–water partition coefficient (Wildman–Crippen LogP) is 2.14.